The lowest BCUT2D eigenvalue weighted by molar-refractivity contribution is -0.140. The number of ketones is 1. The zero-order valence-electron chi connectivity index (χ0n) is 20.1. The lowest BCUT2D eigenvalue weighted by Gasteiger charge is -2.19. The van der Waals surface area contributed by atoms with E-state index in [1.54, 1.807) is 0 Å². The highest BCUT2D eigenvalue weighted by molar-refractivity contribution is 5.93. The number of nitrogens with two attached hydrogens (primary N) is 2. The number of aliphatic carboxylic acids is 1. The van der Waals surface area contributed by atoms with Crippen molar-refractivity contribution >= 4 is 41.6 Å². The monoisotopic (exact) mass is 523 g/mol. The summed E-state index contributed by atoms with van der Waals surface area (Å²) in [6, 6.07) is 3.02. The van der Waals surface area contributed by atoms with Crippen LogP contribution in [0.25, 0.3) is 0 Å². The van der Waals surface area contributed by atoms with Crippen LogP contribution < -0.4 is 27.4 Å². The fourth-order valence-corrected chi connectivity index (χ4v) is 2.76. The van der Waals surface area contributed by atoms with Crippen LogP contribution in [0.1, 0.15) is 31.7 Å². The van der Waals surface area contributed by atoms with Crippen LogP contribution in [0.3, 0.4) is 0 Å². The number of nitrogens with one attached hydrogen (secondary N) is 3. The molecule has 0 radical (unpaired) electrons. The maximum Gasteiger partial charge on any atom is 0.305 e. The first-order chi connectivity index (χ1) is 17.5. The molecule has 2 atom stereocenters. The predicted octanol–water partition coefficient (Wildman–Crippen LogP) is -1.62. The third-order valence-corrected chi connectivity index (χ3v) is 4.57. The molecule has 14 nitrogen and oxygen atoms in total. The summed E-state index contributed by atoms with van der Waals surface area (Å²) in [5, 5.41) is 19.4. The van der Waals surface area contributed by atoms with Gasteiger partial charge in [-0.3, -0.25) is 29.0 Å². The Morgan fingerprint density at radius 2 is 1.73 bits per heavy atom. The van der Waals surface area contributed by atoms with Gasteiger partial charge in [-0.05, 0) is 37.5 Å². The molecule has 0 saturated heterocycles. The summed E-state index contributed by atoms with van der Waals surface area (Å²) in [6.45, 7) is 0.198. The van der Waals surface area contributed by atoms with Crippen molar-refractivity contribution < 1.29 is 38.3 Å². The molecule has 0 saturated carbocycles. The minimum absolute atomic E-state index is 0.101. The van der Waals surface area contributed by atoms with E-state index in [0.717, 1.165) is 6.92 Å². The van der Waals surface area contributed by atoms with E-state index in [4.69, 9.17) is 21.4 Å². The molecule has 0 aliphatic carbocycles. The number of rotatable bonds is 16. The summed E-state index contributed by atoms with van der Waals surface area (Å²) in [5.41, 5.74) is 11.1. The Labute approximate surface area is 211 Å². The Morgan fingerprint density at radius 1 is 1.08 bits per heavy atom. The Kier molecular flexibility index (Phi) is 13.3. The van der Waals surface area contributed by atoms with Crippen molar-refractivity contribution in [3.63, 3.8) is 0 Å². The standard InChI is InChI=1S/C22H30FN7O7/c1-13(31)17(9-20(34)35)30-18(32)11-27-21(36)16(3-2-8-26-22(24)25)29-19(33)12-37-28-10-14-4-6-15(23)7-5-14/h4-7,10,16-17H,2-3,8-9,11-12H2,1H3,(H,27,36)(H,29,33)(H,30,32)(H,34,35)(H4,24,25,26)/b28-10-. The zero-order chi connectivity index (χ0) is 27.8. The average Bonchev–Trinajstić information content (AvgIpc) is 2.82. The summed E-state index contributed by atoms with van der Waals surface area (Å²) in [6.07, 6.45) is 1.06. The summed E-state index contributed by atoms with van der Waals surface area (Å²) in [4.78, 5) is 67.9. The SMILES string of the molecule is CC(=O)C(CC(=O)O)NC(=O)CNC(=O)C(CCCN=C(N)N)NC(=O)CO/N=C\c1ccc(F)cc1. The molecule has 0 fully saturated rings. The highest BCUT2D eigenvalue weighted by atomic mass is 19.1. The number of nitrogens with zero attached hydrogens (tertiary/aromatic N) is 2. The summed E-state index contributed by atoms with van der Waals surface area (Å²) in [5.74, 6) is -4.61. The minimum Gasteiger partial charge on any atom is -0.481 e. The zero-order valence-corrected chi connectivity index (χ0v) is 20.1. The van der Waals surface area contributed by atoms with Gasteiger partial charge in [0.25, 0.3) is 5.91 Å². The Hall–Kier alpha value is -4.56. The van der Waals surface area contributed by atoms with Gasteiger partial charge >= 0.3 is 5.97 Å². The van der Waals surface area contributed by atoms with Crippen LogP contribution in [0.4, 0.5) is 4.39 Å². The van der Waals surface area contributed by atoms with Crippen molar-refractivity contribution in [2.45, 2.75) is 38.3 Å². The second-order valence-electron chi connectivity index (χ2n) is 7.67. The molecule has 3 amide bonds. The van der Waals surface area contributed by atoms with Gasteiger partial charge in [0.2, 0.25) is 11.8 Å². The topological polar surface area (TPSA) is 228 Å². The highest BCUT2D eigenvalue weighted by Crippen LogP contribution is 2.01. The van der Waals surface area contributed by atoms with Gasteiger partial charge in [-0.1, -0.05) is 17.3 Å². The third-order valence-electron chi connectivity index (χ3n) is 4.57. The van der Waals surface area contributed by atoms with E-state index in [1.807, 2.05) is 0 Å². The Balaban J connectivity index is 2.65. The van der Waals surface area contributed by atoms with Crippen molar-refractivity contribution in [3.8, 4) is 0 Å². The number of hydrogen-bond acceptors (Lipinski definition) is 8. The van der Waals surface area contributed by atoms with Crippen LogP contribution in [0, 0.1) is 5.82 Å². The molecule has 202 valence electrons. The number of oxime groups is 1. The highest BCUT2D eigenvalue weighted by Gasteiger charge is 2.23. The number of carbonyl (C=O) groups is 5. The van der Waals surface area contributed by atoms with Crippen molar-refractivity contribution in [3.05, 3.63) is 35.6 Å². The van der Waals surface area contributed by atoms with Crippen molar-refractivity contribution in [1.29, 1.82) is 0 Å². The van der Waals surface area contributed by atoms with E-state index in [1.165, 1.54) is 30.5 Å². The van der Waals surface area contributed by atoms with Crippen LogP contribution in [-0.4, -0.2) is 78.5 Å². The molecule has 0 bridgehead atoms. The molecule has 2 unspecified atom stereocenters. The lowest BCUT2D eigenvalue weighted by atomic mass is 10.1. The number of benzene rings is 1. The second-order valence-corrected chi connectivity index (χ2v) is 7.67. The van der Waals surface area contributed by atoms with Gasteiger partial charge in [0.1, 0.15) is 11.9 Å². The molecular weight excluding hydrogens is 493 g/mol. The first-order valence-corrected chi connectivity index (χ1v) is 11.0. The van der Waals surface area contributed by atoms with Crippen LogP contribution in [0.15, 0.2) is 34.4 Å². The number of carbonyl (C=O) groups excluding carboxylic acids is 4. The van der Waals surface area contributed by atoms with Crippen molar-refractivity contribution in [1.82, 2.24) is 16.0 Å². The predicted molar refractivity (Wildman–Crippen MR) is 130 cm³/mol. The van der Waals surface area contributed by atoms with E-state index >= 15 is 0 Å². The Bertz CT molecular complexity index is 1010. The molecule has 37 heavy (non-hydrogen) atoms. The molecular formula is C22H30FN7O7. The van der Waals surface area contributed by atoms with Gasteiger partial charge in [0.05, 0.1) is 25.2 Å². The van der Waals surface area contributed by atoms with Crippen molar-refractivity contribution in [2.24, 2.45) is 21.6 Å². The summed E-state index contributed by atoms with van der Waals surface area (Å²) >= 11 is 0. The first kappa shape index (κ1) is 30.5. The number of Topliss-reactive ketones (excluding diaryl/α,β-unsaturated/α-hetero) is 1. The van der Waals surface area contributed by atoms with E-state index < -0.39 is 66.9 Å². The average molecular weight is 524 g/mol. The molecule has 15 heteroatoms. The summed E-state index contributed by atoms with van der Waals surface area (Å²) < 4.78 is 12.9. The van der Waals surface area contributed by atoms with E-state index in [-0.39, 0.29) is 18.9 Å². The number of hydrogen-bond donors (Lipinski definition) is 6. The maximum atomic E-state index is 12.9. The van der Waals surface area contributed by atoms with Crippen LogP contribution in [0.5, 0.6) is 0 Å². The van der Waals surface area contributed by atoms with E-state index in [2.05, 4.69) is 26.1 Å². The van der Waals surface area contributed by atoms with Crippen LogP contribution >= 0.6 is 0 Å². The number of carboxylic acid groups (broad SMARTS) is 1. The van der Waals surface area contributed by atoms with Crippen LogP contribution in [0.2, 0.25) is 0 Å². The molecule has 1 rings (SSSR count). The van der Waals surface area contributed by atoms with Gasteiger partial charge in [-0.15, -0.1) is 0 Å². The fourth-order valence-electron chi connectivity index (χ4n) is 2.76. The van der Waals surface area contributed by atoms with Gasteiger partial charge in [-0.2, -0.15) is 0 Å². The molecule has 0 spiro atoms. The van der Waals surface area contributed by atoms with Crippen molar-refractivity contribution in [2.75, 3.05) is 19.7 Å². The fraction of sp³-hybridized carbons (Fsp3) is 0.409. The number of aliphatic imine (C=N–C) groups is 1. The maximum absolute atomic E-state index is 12.9. The molecule has 0 heterocycles. The summed E-state index contributed by atoms with van der Waals surface area (Å²) in [7, 11) is 0. The van der Waals surface area contributed by atoms with E-state index in [0.29, 0.717) is 12.0 Å². The first-order valence-electron chi connectivity index (χ1n) is 11.0. The largest absolute Gasteiger partial charge is 0.481 e. The number of amides is 3. The molecule has 0 aromatic heterocycles. The van der Waals surface area contributed by atoms with E-state index in [9.17, 15) is 28.4 Å². The smallest absolute Gasteiger partial charge is 0.305 e. The third kappa shape index (κ3) is 13.8. The minimum atomic E-state index is -1.28. The molecule has 1 aromatic carbocycles. The lowest BCUT2D eigenvalue weighted by Crippen LogP contribution is -2.51. The van der Waals surface area contributed by atoms with Gasteiger partial charge in [0.15, 0.2) is 18.3 Å². The molecule has 0 aliphatic heterocycles. The Morgan fingerprint density at radius 3 is 2.32 bits per heavy atom. The van der Waals surface area contributed by atoms with Gasteiger partial charge in [0, 0.05) is 6.54 Å². The second kappa shape index (κ2) is 16.2. The number of carboxylic acids is 1. The molecule has 0 aliphatic rings. The quantitative estimate of drug-likeness (QED) is 0.0632. The normalized spacial score (nSPS) is 12.2. The molecule has 8 N–H and O–H groups in total. The number of halogens is 1. The number of guanidine groups is 1. The van der Waals surface area contributed by atoms with Crippen LogP contribution in [-0.2, 0) is 28.8 Å². The molecule has 1 aromatic rings. The van der Waals surface area contributed by atoms with Gasteiger partial charge < -0.3 is 37.4 Å². The van der Waals surface area contributed by atoms with Gasteiger partial charge in [-0.25, -0.2) is 4.39 Å².